The van der Waals surface area contributed by atoms with Gasteiger partial charge in [0, 0.05) is 25.4 Å². The van der Waals surface area contributed by atoms with E-state index in [4.69, 9.17) is 9.72 Å². The molecule has 0 radical (unpaired) electrons. The van der Waals surface area contributed by atoms with Crippen molar-refractivity contribution in [2.45, 2.75) is 32.0 Å². The Balaban J connectivity index is 1.69. The second kappa shape index (κ2) is 10.8. The van der Waals surface area contributed by atoms with E-state index in [0.717, 1.165) is 17.5 Å². The van der Waals surface area contributed by atoms with Crippen LogP contribution in [0.15, 0.2) is 70.7 Å². The maximum absolute atomic E-state index is 13.6. The average molecular weight is 491 g/mol. The summed E-state index contributed by atoms with van der Waals surface area (Å²) in [6.07, 6.45) is 2.79. The van der Waals surface area contributed by atoms with Crippen LogP contribution in [-0.4, -0.2) is 32.9 Å². The van der Waals surface area contributed by atoms with Crippen LogP contribution in [0, 0.1) is 5.92 Å². The lowest BCUT2D eigenvalue weighted by atomic mass is 10.1. The quantitative estimate of drug-likeness (QED) is 0.258. The lowest BCUT2D eigenvalue weighted by Gasteiger charge is -2.14. The Bertz CT molecular complexity index is 1390. The number of thioether (sulfide) groups is 1. The van der Waals surface area contributed by atoms with Gasteiger partial charge in [-0.15, -0.1) is 0 Å². The molecule has 0 spiro atoms. The molecule has 7 nitrogen and oxygen atoms in total. The van der Waals surface area contributed by atoms with Gasteiger partial charge in [-0.2, -0.15) is 0 Å². The number of anilines is 1. The van der Waals surface area contributed by atoms with E-state index in [9.17, 15) is 9.59 Å². The number of nitrogens with zero attached hydrogens (tertiary/aromatic N) is 3. The van der Waals surface area contributed by atoms with Crippen molar-refractivity contribution in [1.82, 2.24) is 14.1 Å². The highest BCUT2D eigenvalue weighted by atomic mass is 32.2. The van der Waals surface area contributed by atoms with E-state index in [1.54, 1.807) is 23.8 Å². The minimum atomic E-state index is -0.194. The van der Waals surface area contributed by atoms with Gasteiger partial charge in [-0.1, -0.05) is 68.1 Å². The van der Waals surface area contributed by atoms with Crippen molar-refractivity contribution < 1.29 is 9.53 Å². The highest BCUT2D eigenvalue weighted by Gasteiger charge is 2.20. The normalized spacial score (nSPS) is 11.2. The van der Waals surface area contributed by atoms with Crippen LogP contribution >= 0.6 is 11.8 Å². The lowest BCUT2D eigenvalue weighted by molar-refractivity contribution is -0.113. The van der Waals surface area contributed by atoms with Crippen LogP contribution in [0.25, 0.3) is 22.2 Å². The van der Waals surface area contributed by atoms with Crippen LogP contribution in [0.2, 0.25) is 0 Å². The monoisotopic (exact) mass is 490 g/mol. The smallest absolute Gasteiger partial charge is 0.278 e. The van der Waals surface area contributed by atoms with Gasteiger partial charge in [-0.05, 0) is 30.0 Å². The molecule has 2 aromatic heterocycles. The fraction of sp³-hybridized carbons (Fsp3) is 0.296. The van der Waals surface area contributed by atoms with Crippen molar-refractivity contribution in [1.29, 1.82) is 0 Å². The summed E-state index contributed by atoms with van der Waals surface area (Å²) < 4.78 is 8.88. The van der Waals surface area contributed by atoms with Crippen LogP contribution in [0.4, 0.5) is 5.69 Å². The number of para-hydroxylation sites is 2. The fourth-order valence-corrected chi connectivity index (χ4v) is 4.76. The first kappa shape index (κ1) is 24.6. The van der Waals surface area contributed by atoms with E-state index < -0.39 is 0 Å². The molecular weight excluding hydrogens is 460 g/mol. The zero-order valence-electron chi connectivity index (χ0n) is 20.4. The highest BCUT2D eigenvalue weighted by molar-refractivity contribution is 7.99. The Labute approximate surface area is 209 Å². The Hall–Kier alpha value is -3.52. The Morgan fingerprint density at radius 1 is 1.11 bits per heavy atom. The van der Waals surface area contributed by atoms with Crippen LogP contribution < -0.4 is 15.6 Å². The van der Waals surface area contributed by atoms with Crippen molar-refractivity contribution in [3.63, 3.8) is 0 Å². The number of aryl methyl sites for hydroxylation is 1. The van der Waals surface area contributed by atoms with E-state index in [-0.39, 0.29) is 17.2 Å². The average Bonchev–Trinajstić information content (AvgIpc) is 3.19. The summed E-state index contributed by atoms with van der Waals surface area (Å²) in [5.41, 5.74) is 3.63. The molecule has 0 aliphatic carbocycles. The van der Waals surface area contributed by atoms with Gasteiger partial charge in [0.05, 0.1) is 18.6 Å². The van der Waals surface area contributed by atoms with Crippen molar-refractivity contribution in [2.75, 3.05) is 18.2 Å². The van der Waals surface area contributed by atoms with E-state index >= 15 is 0 Å². The van der Waals surface area contributed by atoms with Crippen LogP contribution in [0.3, 0.4) is 0 Å². The van der Waals surface area contributed by atoms with Gasteiger partial charge >= 0.3 is 0 Å². The molecule has 4 aromatic rings. The van der Waals surface area contributed by atoms with Crippen LogP contribution in [0.5, 0.6) is 5.75 Å². The predicted molar refractivity (Wildman–Crippen MR) is 142 cm³/mol. The molecule has 0 saturated carbocycles. The minimum Gasteiger partial charge on any atom is -0.495 e. The molecule has 2 heterocycles. The number of hydrogen-bond donors (Lipinski definition) is 1. The molecule has 8 heteroatoms. The topological polar surface area (TPSA) is 78.2 Å². The van der Waals surface area contributed by atoms with Gasteiger partial charge in [0.2, 0.25) is 5.91 Å². The zero-order chi connectivity index (χ0) is 24.9. The Kier molecular flexibility index (Phi) is 7.60. The molecule has 4 rings (SSSR count). The van der Waals surface area contributed by atoms with E-state index in [1.807, 2.05) is 60.3 Å². The maximum atomic E-state index is 13.6. The fourth-order valence-electron chi connectivity index (χ4n) is 3.94. The number of amides is 1. The summed E-state index contributed by atoms with van der Waals surface area (Å²) in [6, 6.07) is 17.2. The van der Waals surface area contributed by atoms with Gasteiger partial charge in [-0.25, -0.2) is 4.98 Å². The largest absolute Gasteiger partial charge is 0.495 e. The standard InChI is InChI=1S/C27H30N4O3S/c1-18(2)14-15-31-26(33)25-24(20(16-30(25)3)19-10-6-5-7-11-19)29-27(31)35-17-23(32)28-21-12-8-9-13-22(21)34-4/h5-13,16,18H,14-15,17H2,1-4H3,(H,28,32). The lowest BCUT2D eigenvalue weighted by Crippen LogP contribution is -2.26. The van der Waals surface area contributed by atoms with Gasteiger partial charge in [0.25, 0.3) is 5.56 Å². The number of carbonyl (C=O) groups excluding carboxylic acids is 1. The van der Waals surface area contributed by atoms with Gasteiger partial charge in [-0.3, -0.25) is 14.2 Å². The number of ether oxygens (including phenoxy) is 1. The first-order valence-corrected chi connectivity index (χ1v) is 12.6. The van der Waals surface area contributed by atoms with Gasteiger partial charge in [0.1, 0.15) is 16.8 Å². The molecule has 182 valence electrons. The third-order valence-electron chi connectivity index (χ3n) is 5.77. The number of hydrogen-bond acceptors (Lipinski definition) is 5. The summed E-state index contributed by atoms with van der Waals surface area (Å²) in [5, 5.41) is 3.43. The summed E-state index contributed by atoms with van der Waals surface area (Å²) in [6.45, 7) is 4.79. The highest BCUT2D eigenvalue weighted by Crippen LogP contribution is 2.30. The molecule has 0 atom stereocenters. The third kappa shape index (κ3) is 5.43. The first-order valence-electron chi connectivity index (χ1n) is 11.6. The second-order valence-corrected chi connectivity index (χ2v) is 9.73. The summed E-state index contributed by atoms with van der Waals surface area (Å²) in [7, 11) is 3.44. The molecule has 0 aliphatic rings. The van der Waals surface area contributed by atoms with Crippen molar-refractivity contribution in [2.24, 2.45) is 13.0 Å². The van der Waals surface area contributed by atoms with Crippen molar-refractivity contribution >= 4 is 34.4 Å². The first-order chi connectivity index (χ1) is 16.9. The summed E-state index contributed by atoms with van der Waals surface area (Å²) >= 11 is 1.27. The summed E-state index contributed by atoms with van der Waals surface area (Å²) in [5.74, 6) is 0.944. The number of aromatic nitrogens is 3. The van der Waals surface area contributed by atoms with Crippen LogP contribution in [0.1, 0.15) is 20.3 Å². The second-order valence-electron chi connectivity index (χ2n) is 8.79. The minimum absolute atomic E-state index is 0.0898. The molecule has 0 fully saturated rings. The van der Waals surface area contributed by atoms with E-state index in [2.05, 4.69) is 19.2 Å². The molecule has 0 bridgehead atoms. The number of methoxy groups -OCH3 is 1. The van der Waals surface area contributed by atoms with E-state index in [0.29, 0.717) is 40.1 Å². The van der Waals surface area contributed by atoms with Crippen molar-refractivity contribution in [3.8, 4) is 16.9 Å². The molecule has 2 aromatic carbocycles. The molecule has 0 saturated heterocycles. The predicted octanol–water partition coefficient (Wildman–Crippen LogP) is 5.19. The van der Waals surface area contributed by atoms with Crippen LogP contribution in [-0.2, 0) is 18.4 Å². The summed E-state index contributed by atoms with van der Waals surface area (Å²) in [4.78, 5) is 31.3. The third-order valence-corrected chi connectivity index (χ3v) is 6.75. The number of benzene rings is 2. The molecular formula is C27H30N4O3S. The van der Waals surface area contributed by atoms with Crippen molar-refractivity contribution in [3.05, 3.63) is 71.1 Å². The molecule has 1 amide bonds. The maximum Gasteiger partial charge on any atom is 0.278 e. The SMILES string of the molecule is COc1ccccc1NC(=O)CSc1nc2c(-c3ccccc3)cn(C)c2c(=O)n1CCC(C)C. The number of carbonyl (C=O) groups is 1. The molecule has 0 aliphatic heterocycles. The molecule has 35 heavy (non-hydrogen) atoms. The zero-order valence-corrected chi connectivity index (χ0v) is 21.3. The Morgan fingerprint density at radius 3 is 2.54 bits per heavy atom. The molecule has 1 N–H and O–H groups in total. The number of rotatable bonds is 9. The number of nitrogens with one attached hydrogen (secondary N) is 1. The van der Waals surface area contributed by atoms with Gasteiger partial charge in [0.15, 0.2) is 5.16 Å². The number of fused-ring (bicyclic) bond motifs is 1. The van der Waals surface area contributed by atoms with Gasteiger partial charge < -0.3 is 14.6 Å². The Morgan fingerprint density at radius 2 is 1.83 bits per heavy atom. The molecule has 0 unspecified atom stereocenters. The van der Waals surface area contributed by atoms with E-state index in [1.165, 1.54) is 11.8 Å².